The number of likely N-dealkylation sites (tertiary alicyclic amines) is 1. The molecule has 0 aliphatic carbocycles. The third kappa shape index (κ3) is 8.88. The predicted octanol–water partition coefficient (Wildman–Crippen LogP) is 2.89. The minimum atomic E-state index is 0. The fourth-order valence-electron chi connectivity index (χ4n) is 4.82. The Bertz CT molecular complexity index is 687. The first-order chi connectivity index (χ1) is 15.6. The first-order valence-electron chi connectivity index (χ1n) is 12.4. The Kier molecular flexibility index (Phi) is 12.8. The lowest BCUT2D eigenvalue weighted by Crippen LogP contribution is -2.49. The van der Waals surface area contributed by atoms with Gasteiger partial charge in [0.1, 0.15) is 5.75 Å². The largest absolute Gasteiger partial charge is 0.497 e. The van der Waals surface area contributed by atoms with E-state index in [1.54, 1.807) is 7.11 Å². The molecule has 0 saturated carbocycles. The Hall–Kier alpha value is -1.10. The zero-order valence-electron chi connectivity index (χ0n) is 21.1. The number of nitrogens with one attached hydrogen (secondary N) is 2. The Morgan fingerprint density at radius 1 is 0.970 bits per heavy atom. The topological polar surface area (TPSA) is 55.4 Å². The van der Waals surface area contributed by atoms with Gasteiger partial charge in [0, 0.05) is 52.9 Å². The molecule has 0 bridgehead atoms. The molecule has 0 amide bonds. The summed E-state index contributed by atoms with van der Waals surface area (Å²) in [6.45, 7) is 15.8. The van der Waals surface area contributed by atoms with Gasteiger partial charge in [-0.2, -0.15) is 0 Å². The number of ether oxygens (including phenoxy) is 1. The highest BCUT2D eigenvalue weighted by molar-refractivity contribution is 14.0. The fraction of sp³-hybridized carbons (Fsp3) is 0.720. The molecule has 3 rings (SSSR count). The molecule has 33 heavy (non-hydrogen) atoms. The van der Waals surface area contributed by atoms with Gasteiger partial charge >= 0.3 is 0 Å². The molecule has 0 spiro atoms. The lowest BCUT2D eigenvalue weighted by molar-refractivity contribution is 0.124. The van der Waals surface area contributed by atoms with Crippen LogP contribution in [0.1, 0.15) is 38.3 Å². The van der Waals surface area contributed by atoms with Crippen molar-refractivity contribution in [3.63, 3.8) is 0 Å². The molecule has 2 unspecified atom stereocenters. The number of guanidine groups is 1. The van der Waals surface area contributed by atoms with Crippen LogP contribution in [-0.2, 0) is 0 Å². The van der Waals surface area contributed by atoms with Gasteiger partial charge in [-0.1, -0.05) is 26.0 Å². The molecule has 2 fully saturated rings. The zero-order chi connectivity index (χ0) is 22.8. The van der Waals surface area contributed by atoms with Gasteiger partial charge in [0.05, 0.1) is 13.2 Å². The highest BCUT2D eigenvalue weighted by atomic mass is 127. The van der Waals surface area contributed by atoms with E-state index in [2.05, 4.69) is 68.4 Å². The van der Waals surface area contributed by atoms with Gasteiger partial charge in [-0.05, 0) is 56.1 Å². The number of aliphatic imine (C=N–C) groups is 1. The minimum Gasteiger partial charge on any atom is -0.497 e. The van der Waals surface area contributed by atoms with Crippen LogP contribution in [0.5, 0.6) is 5.75 Å². The highest BCUT2D eigenvalue weighted by Gasteiger charge is 2.24. The van der Waals surface area contributed by atoms with Gasteiger partial charge in [-0.3, -0.25) is 9.89 Å². The van der Waals surface area contributed by atoms with E-state index in [1.807, 2.05) is 7.05 Å². The zero-order valence-corrected chi connectivity index (χ0v) is 23.4. The summed E-state index contributed by atoms with van der Waals surface area (Å²) in [4.78, 5) is 12.2. The molecule has 188 valence electrons. The molecule has 1 aromatic rings. The summed E-state index contributed by atoms with van der Waals surface area (Å²) in [5, 5.41) is 7.15. The number of methoxy groups -OCH3 is 1. The van der Waals surface area contributed by atoms with Gasteiger partial charge in [-0.25, -0.2) is 0 Å². The molecule has 2 N–H and O–H groups in total. The molecule has 2 aliphatic heterocycles. The summed E-state index contributed by atoms with van der Waals surface area (Å²) in [7, 11) is 3.58. The maximum atomic E-state index is 5.35. The van der Waals surface area contributed by atoms with Crippen molar-refractivity contribution in [3.05, 3.63) is 29.8 Å². The van der Waals surface area contributed by atoms with Crippen LogP contribution < -0.4 is 15.4 Å². The van der Waals surface area contributed by atoms with E-state index in [1.165, 1.54) is 51.1 Å². The number of piperazine rings is 1. The van der Waals surface area contributed by atoms with Gasteiger partial charge < -0.3 is 25.2 Å². The Morgan fingerprint density at radius 3 is 2.15 bits per heavy atom. The molecular formula is C25H45IN6O. The number of benzene rings is 1. The number of rotatable bonds is 10. The van der Waals surface area contributed by atoms with Crippen molar-refractivity contribution < 1.29 is 4.74 Å². The molecule has 1 aromatic carbocycles. The summed E-state index contributed by atoms with van der Waals surface area (Å²) in [6, 6.07) is 8.86. The lowest BCUT2D eigenvalue weighted by Gasteiger charge is -2.35. The summed E-state index contributed by atoms with van der Waals surface area (Å²) < 4.78 is 5.35. The van der Waals surface area contributed by atoms with E-state index in [-0.39, 0.29) is 24.0 Å². The normalized spacial score (nSPS) is 20.2. The second-order valence-electron chi connectivity index (χ2n) is 9.21. The highest BCUT2D eigenvalue weighted by Crippen LogP contribution is 2.26. The van der Waals surface area contributed by atoms with E-state index in [0.29, 0.717) is 12.0 Å². The first-order valence-corrected chi connectivity index (χ1v) is 12.4. The third-order valence-electron chi connectivity index (χ3n) is 6.87. The second kappa shape index (κ2) is 15.0. The molecular weight excluding hydrogens is 527 g/mol. The summed E-state index contributed by atoms with van der Waals surface area (Å²) >= 11 is 0. The molecule has 2 saturated heterocycles. The van der Waals surface area contributed by atoms with Crippen molar-refractivity contribution in [1.29, 1.82) is 0 Å². The molecule has 2 atom stereocenters. The van der Waals surface area contributed by atoms with Crippen LogP contribution >= 0.6 is 24.0 Å². The van der Waals surface area contributed by atoms with E-state index in [0.717, 1.165) is 44.4 Å². The van der Waals surface area contributed by atoms with E-state index >= 15 is 0 Å². The Balaban J connectivity index is 0.00000385. The molecule has 2 aliphatic rings. The summed E-state index contributed by atoms with van der Waals surface area (Å²) in [6.07, 6.45) is 2.56. The number of halogens is 1. The van der Waals surface area contributed by atoms with Crippen molar-refractivity contribution in [2.75, 3.05) is 79.6 Å². The molecule has 7 nitrogen and oxygen atoms in total. The van der Waals surface area contributed by atoms with Crippen LogP contribution in [0.15, 0.2) is 29.3 Å². The van der Waals surface area contributed by atoms with Gasteiger partial charge in [-0.15, -0.1) is 24.0 Å². The van der Waals surface area contributed by atoms with Crippen LogP contribution in [0.4, 0.5) is 0 Å². The van der Waals surface area contributed by atoms with E-state index < -0.39 is 0 Å². The molecule has 2 heterocycles. The quantitative estimate of drug-likeness (QED) is 0.256. The minimum absolute atomic E-state index is 0. The average molecular weight is 573 g/mol. The van der Waals surface area contributed by atoms with Gasteiger partial charge in [0.25, 0.3) is 0 Å². The Morgan fingerprint density at radius 2 is 1.58 bits per heavy atom. The monoisotopic (exact) mass is 572 g/mol. The number of likely N-dealkylation sites (N-methyl/N-ethyl adjacent to an activating group) is 1. The number of hydrogen-bond acceptors (Lipinski definition) is 5. The van der Waals surface area contributed by atoms with E-state index in [9.17, 15) is 0 Å². The number of hydrogen-bond donors (Lipinski definition) is 2. The van der Waals surface area contributed by atoms with Gasteiger partial charge in [0.2, 0.25) is 0 Å². The SMILES string of the molecule is CCN1CCN(CC(C)CNC(=NC)NCC(c2ccc(OC)cc2)N2CCCC2)CC1.I. The maximum absolute atomic E-state index is 5.35. The van der Waals surface area contributed by atoms with Crippen molar-refractivity contribution in [1.82, 2.24) is 25.3 Å². The van der Waals surface area contributed by atoms with Crippen molar-refractivity contribution >= 4 is 29.9 Å². The van der Waals surface area contributed by atoms with Crippen molar-refractivity contribution in [2.24, 2.45) is 10.9 Å². The number of nitrogens with zero attached hydrogens (tertiary/aromatic N) is 4. The first kappa shape index (κ1) is 28.1. The third-order valence-corrected chi connectivity index (χ3v) is 6.87. The maximum Gasteiger partial charge on any atom is 0.191 e. The standard InChI is InChI=1S/C25H44N6O.HI/c1-5-29-14-16-30(17-15-29)20-21(2)18-27-25(26-3)28-19-24(31-12-6-7-13-31)22-8-10-23(32-4)11-9-22;/h8-11,21,24H,5-7,12-20H2,1-4H3,(H2,26,27,28);1H. The smallest absolute Gasteiger partial charge is 0.191 e. The predicted molar refractivity (Wildman–Crippen MR) is 149 cm³/mol. The van der Waals surface area contributed by atoms with Crippen molar-refractivity contribution in [3.8, 4) is 5.75 Å². The molecule has 0 radical (unpaired) electrons. The summed E-state index contributed by atoms with van der Waals surface area (Å²) in [5.74, 6) is 2.38. The van der Waals surface area contributed by atoms with Crippen LogP contribution in [0.2, 0.25) is 0 Å². The lowest BCUT2D eigenvalue weighted by atomic mass is 10.1. The molecule has 8 heteroatoms. The Labute approximate surface area is 218 Å². The fourth-order valence-corrected chi connectivity index (χ4v) is 4.82. The van der Waals surface area contributed by atoms with Gasteiger partial charge in [0.15, 0.2) is 5.96 Å². The molecule has 0 aromatic heterocycles. The van der Waals surface area contributed by atoms with Crippen LogP contribution in [0, 0.1) is 5.92 Å². The summed E-state index contributed by atoms with van der Waals surface area (Å²) in [5.41, 5.74) is 1.33. The van der Waals surface area contributed by atoms with Crippen molar-refractivity contribution in [2.45, 2.75) is 32.7 Å². The van der Waals surface area contributed by atoms with E-state index in [4.69, 9.17) is 4.74 Å². The van der Waals surface area contributed by atoms with Crippen LogP contribution in [0.25, 0.3) is 0 Å². The average Bonchev–Trinajstić information content (AvgIpc) is 3.36. The second-order valence-corrected chi connectivity index (χ2v) is 9.21. The van der Waals surface area contributed by atoms with Crippen LogP contribution in [-0.4, -0.2) is 100 Å². The van der Waals surface area contributed by atoms with Crippen LogP contribution in [0.3, 0.4) is 0 Å².